The maximum absolute atomic E-state index is 2.70. The Hall–Kier alpha value is -12.2. The van der Waals surface area contributed by atoms with Crippen molar-refractivity contribution < 1.29 is 0 Å². The molecular formula is C90H61BN4S. The highest BCUT2D eigenvalue weighted by Crippen LogP contribution is 2.57. The summed E-state index contributed by atoms with van der Waals surface area (Å²) in [5.74, 6) is 0. The third-order valence-corrected chi connectivity index (χ3v) is 20.4. The third-order valence-electron chi connectivity index (χ3n) is 19.2. The molecule has 0 spiro atoms. The third kappa shape index (κ3) is 9.60. The standard InChI is InChI=1S/C90H61BN4S/c1-10-32-62(33-11-1)67-58-81-86-82(59-67)95(89-75(65-38-16-4-17-39-65)53-31-54-76(89)66-40-18-5-19-41-66)83-61-80(93(70-46-24-8-25-47-70)71-48-26-9-27-49-71)85-77-50-28-29-55-84(77)96-90(85)87(83)91(86)78-57-56-72(92(68-42-20-6-21-43-68)69-44-22-7-23-45-69)60-79(78)94(81)88-73(63-34-12-2-13-35-63)51-30-52-74(88)64-36-14-3-15-37-64/h1-61H. The van der Waals surface area contributed by atoms with Crippen LogP contribution in [0.5, 0.6) is 0 Å². The van der Waals surface area contributed by atoms with E-state index in [1.165, 1.54) is 36.6 Å². The first kappa shape index (κ1) is 56.5. The van der Waals surface area contributed by atoms with Crippen molar-refractivity contribution in [3.63, 3.8) is 0 Å². The molecule has 3 heterocycles. The van der Waals surface area contributed by atoms with Gasteiger partial charge in [-0.1, -0.05) is 285 Å². The maximum atomic E-state index is 2.70. The van der Waals surface area contributed by atoms with E-state index in [0.29, 0.717) is 0 Å². The van der Waals surface area contributed by atoms with Gasteiger partial charge in [-0.05, 0) is 135 Å². The van der Waals surface area contributed by atoms with Crippen molar-refractivity contribution in [1.82, 2.24) is 0 Å². The molecule has 0 atom stereocenters. The fraction of sp³-hybridized carbons (Fsp3) is 0. The first-order valence-corrected chi connectivity index (χ1v) is 33.8. The number of fused-ring (bicyclic) bond motifs is 8. The van der Waals surface area contributed by atoms with Crippen LogP contribution in [0.3, 0.4) is 0 Å². The molecule has 1 aromatic heterocycles. The highest BCUT2D eigenvalue weighted by atomic mass is 32.1. The van der Waals surface area contributed by atoms with Gasteiger partial charge in [0.05, 0.1) is 17.1 Å². The number of hydrogen-bond donors (Lipinski definition) is 0. The Balaban J connectivity index is 1.06. The van der Waals surface area contributed by atoms with E-state index in [4.69, 9.17) is 0 Å². The molecule has 450 valence electrons. The first-order valence-electron chi connectivity index (χ1n) is 32.9. The quantitative estimate of drug-likeness (QED) is 0.107. The highest BCUT2D eigenvalue weighted by Gasteiger charge is 2.47. The molecule has 96 heavy (non-hydrogen) atoms. The van der Waals surface area contributed by atoms with Crippen LogP contribution in [0.4, 0.5) is 68.2 Å². The molecule has 0 N–H and O–H groups in total. The Morgan fingerprint density at radius 1 is 0.260 bits per heavy atom. The summed E-state index contributed by atoms with van der Waals surface area (Å²) in [6, 6.07) is 137. The van der Waals surface area contributed by atoms with Crippen LogP contribution in [0.15, 0.2) is 370 Å². The minimum absolute atomic E-state index is 0.298. The van der Waals surface area contributed by atoms with Crippen molar-refractivity contribution in [2.75, 3.05) is 19.6 Å². The van der Waals surface area contributed by atoms with E-state index in [1.54, 1.807) is 0 Å². The van der Waals surface area contributed by atoms with Gasteiger partial charge >= 0.3 is 0 Å². The molecule has 2 aliphatic heterocycles. The fourth-order valence-electron chi connectivity index (χ4n) is 15.1. The lowest BCUT2D eigenvalue weighted by molar-refractivity contribution is 1.24. The van der Waals surface area contributed by atoms with E-state index in [1.807, 2.05) is 11.3 Å². The van der Waals surface area contributed by atoms with Crippen molar-refractivity contribution in [3.8, 4) is 55.6 Å². The lowest BCUT2D eigenvalue weighted by Crippen LogP contribution is -2.61. The fourth-order valence-corrected chi connectivity index (χ4v) is 16.4. The van der Waals surface area contributed by atoms with Crippen molar-refractivity contribution in [2.24, 2.45) is 0 Å². The SMILES string of the molecule is c1ccc(-c2cc3c4c(c2)N(c2c(-c5ccccc5)cccc2-c2ccccc2)c2cc(N(c5ccccc5)c5ccccc5)c5c(sc6ccccc65)c2B4c2ccc(N(c4ccccc4)c4ccccc4)cc2N3c2c(-c3ccccc3)cccc2-c2ccccc2)cc1. The first-order chi connectivity index (χ1) is 47.7. The Morgan fingerprint density at radius 3 is 1.06 bits per heavy atom. The van der Waals surface area contributed by atoms with Crippen molar-refractivity contribution in [3.05, 3.63) is 370 Å². The van der Waals surface area contributed by atoms with E-state index in [0.717, 1.165) is 124 Å². The predicted octanol–water partition coefficient (Wildman–Crippen LogP) is 23.4. The second kappa shape index (κ2) is 24.0. The van der Waals surface area contributed by atoms with E-state index in [2.05, 4.69) is 390 Å². The van der Waals surface area contributed by atoms with Gasteiger partial charge in [0, 0.05) is 93.6 Å². The zero-order chi connectivity index (χ0) is 63.5. The van der Waals surface area contributed by atoms with Crippen molar-refractivity contribution in [2.45, 2.75) is 0 Å². The molecule has 0 aliphatic carbocycles. The highest BCUT2D eigenvalue weighted by molar-refractivity contribution is 7.28. The molecule has 0 bridgehead atoms. The van der Waals surface area contributed by atoms with Gasteiger partial charge in [-0.2, -0.15) is 0 Å². The smallest absolute Gasteiger partial charge is 0.254 e. The molecule has 16 aromatic rings. The summed E-state index contributed by atoms with van der Waals surface area (Å²) >= 11 is 1.92. The summed E-state index contributed by atoms with van der Waals surface area (Å²) in [5.41, 5.74) is 28.0. The Morgan fingerprint density at radius 2 is 0.625 bits per heavy atom. The molecule has 2 aliphatic rings. The number of thiophene rings is 1. The molecule has 0 amide bonds. The Kier molecular flexibility index (Phi) is 14.2. The van der Waals surface area contributed by atoms with Crippen LogP contribution in [0.1, 0.15) is 0 Å². The maximum Gasteiger partial charge on any atom is 0.254 e. The molecule has 0 saturated carbocycles. The normalized spacial score (nSPS) is 12.1. The minimum atomic E-state index is -0.298. The van der Waals surface area contributed by atoms with E-state index < -0.39 is 0 Å². The second-order valence-electron chi connectivity index (χ2n) is 24.7. The van der Waals surface area contributed by atoms with Gasteiger partial charge in [-0.25, -0.2) is 0 Å². The van der Waals surface area contributed by atoms with Gasteiger partial charge in [0.15, 0.2) is 0 Å². The lowest BCUT2D eigenvalue weighted by atomic mass is 9.33. The molecule has 15 aromatic carbocycles. The molecular weight excluding hydrogens is 1180 g/mol. The number of para-hydroxylation sites is 6. The second-order valence-corrected chi connectivity index (χ2v) is 25.7. The topological polar surface area (TPSA) is 13.0 Å². The average Bonchev–Trinajstić information content (AvgIpc) is 1.01. The van der Waals surface area contributed by atoms with Crippen LogP contribution >= 0.6 is 11.3 Å². The molecule has 0 fully saturated rings. The number of benzene rings is 15. The molecule has 0 radical (unpaired) electrons. The monoisotopic (exact) mass is 1240 g/mol. The number of nitrogens with zero attached hydrogens (tertiary/aromatic N) is 4. The molecule has 4 nitrogen and oxygen atoms in total. The van der Waals surface area contributed by atoms with Crippen molar-refractivity contribution in [1.29, 1.82) is 0 Å². The van der Waals surface area contributed by atoms with Gasteiger partial charge < -0.3 is 19.6 Å². The van der Waals surface area contributed by atoms with Crippen LogP contribution < -0.4 is 36.0 Å². The predicted molar refractivity (Wildman–Crippen MR) is 410 cm³/mol. The van der Waals surface area contributed by atoms with Gasteiger partial charge in [0.25, 0.3) is 6.71 Å². The summed E-state index contributed by atoms with van der Waals surface area (Å²) < 4.78 is 2.47. The zero-order valence-electron chi connectivity index (χ0n) is 52.5. The summed E-state index contributed by atoms with van der Waals surface area (Å²) in [6.07, 6.45) is 0. The van der Waals surface area contributed by atoms with Gasteiger partial charge in [-0.15, -0.1) is 11.3 Å². The van der Waals surface area contributed by atoms with Crippen LogP contribution in [0.25, 0.3) is 75.8 Å². The average molecular weight is 1240 g/mol. The van der Waals surface area contributed by atoms with Crippen LogP contribution in [-0.4, -0.2) is 6.71 Å². The summed E-state index contributed by atoms with van der Waals surface area (Å²) in [5, 5.41) is 2.44. The summed E-state index contributed by atoms with van der Waals surface area (Å²) in [7, 11) is 0. The number of anilines is 12. The number of rotatable bonds is 13. The van der Waals surface area contributed by atoms with Crippen LogP contribution in [0, 0.1) is 0 Å². The minimum Gasteiger partial charge on any atom is -0.310 e. The van der Waals surface area contributed by atoms with E-state index >= 15 is 0 Å². The largest absolute Gasteiger partial charge is 0.310 e. The van der Waals surface area contributed by atoms with E-state index in [9.17, 15) is 0 Å². The van der Waals surface area contributed by atoms with Crippen LogP contribution in [-0.2, 0) is 0 Å². The number of hydrogen-bond acceptors (Lipinski definition) is 5. The molecule has 6 heteroatoms. The Bertz CT molecular complexity index is 5310. The van der Waals surface area contributed by atoms with Gasteiger partial charge in [-0.3, -0.25) is 0 Å². The van der Waals surface area contributed by atoms with Crippen LogP contribution in [0.2, 0.25) is 0 Å². The van der Waals surface area contributed by atoms with Gasteiger partial charge in [0.1, 0.15) is 0 Å². The zero-order valence-corrected chi connectivity index (χ0v) is 53.3. The Labute approximate surface area is 564 Å². The summed E-state index contributed by atoms with van der Waals surface area (Å²) in [4.78, 5) is 10.3. The van der Waals surface area contributed by atoms with Crippen molar-refractivity contribution >= 4 is 123 Å². The summed E-state index contributed by atoms with van der Waals surface area (Å²) in [6.45, 7) is -0.298. The van der Waals surface area contributed by atoms with E-state index in [-0.39, 0.29) is 6.71 Å². The molecule has 0 unspecified atom stereocenters. The molecule has 18 rings (SSSR count). The van der Waals surface area contributed by atoms with Gasteiger partial charge in [0.2, 0.25) is 0 Å². The lowest BCUT2D eigenvalue weighted by Gasteiger charge is -2.46. The molecule has 0 saturated heterocycles.